The highest BCUT2D eigenvalue weighted by Gasteiger charge is 2.33. The summed E-state index contributed by atoms with van der Waals surface area (Å²) >= 11 is 5.45. The van der Waals surface area contributed by atoms with Crippen molar-refractivity contribution in [3.05, 3.63) is 70.9 Å². The zero-order valence-electron chi connectivity index (χ0n) is 19.8. The zero-order valence-corrected chi connectivity index (χ0v) is 20.6. The Morgan fingerprint density at radius 2 is 1.76 bits per heavy atom. The van der Waals surface area contributed by atoms with Crippen LogP contribution in [0.5, 0.6) is 0 Å². The van der Waals surface area contributed by atoms with Gasteiger partial charge in [0.05, 0.1) is 18.2 Å². The lowest BCUT2D eigenvalue weighted by molar-refractivity contribution is -0.140. The lowest BCUT2D eigenvalue weighted by atomic mass is 9.95. The molecule has 1 aliphatic heterocycles. The molecule has 0 spiro atoms. The van der Waals surface area contributed by atoms with Crippen molar-refractivity contribution < 1.29 is 19.1 Å². The monoisotopic (exact) mass is 482 g/mol. The summed E-state index contributed by atoms with van der Waals surface area (Å²) in [7, 11) is 3.34. The summed E-state index contributed by atoms with van der Waals surface area (Å²) in [5.41, 5.74) is 4.34. The summed E-state index contributed by atoms with van der Waals surface area (Å²) in [5.74, 6) is -0.451. The van der Waals surface area contributed by atoms with Gasteiger partial charge in [0.25, 0.3) is 0 Å². The Morgan fingerprint density at radius 3 is 2.44 bits per heavy atom. The number of hydrogen-bond donors (Lipinski definition) is 3. The highest BCUT2D eigenvalue weighted by molar-refractivity contribution is 7.80. The van der Waals surface area contributed by atoms with E-state index < -0.39 is 12.0 Å². The number of carbonyl (C=O) groups is 2. The third-order valence-electron chi connectivity index (χ3n) is 5.57. The lowest BCUT2D eigenvalue weighted by Crippen LogP contribution is -2.46. The lowest BCUT2D eigenvalue weighted by Gasteiger charge is -2.35. The number of ether oxygens (including phenoxy) is 2. The molecule has 0 bridgehead atoms. The molecule has 180 valence electrons. The van der Waals surface area contributed by atoms with E-state index in [9.17, 15) is 9.59 Å². The molecule has 0 saturated heterocycles. The number of thiocarbonyl (C=S) groups is 1. The average molecular weight is 483 g/mol. The third-order valence-corrected chi connectivity index (χ3v) is 5.96. The molecule has 0 fully saturated rings. The molecule has 2 amide bonds. The van der Waals surface area contributed by atoms with Gasteiger partial charge in [-0.05, 0) is 61.0 Å². The molecule has 1 aliphatic rings. The zero-order chi connectivity index (χ0) is 24.7. The van der Waals surface area contributed by atoms with Crippen molar-refractivity contribution in [3.8, 4) is 0 Å². The van der Waals surface area contributed by atoms with E-state index in [0.29, 0.717) is 28.7 Å². The van der Waals surface area contributed by atoms with Crippen LogP contribution in [-0.4, -0.2) is 49.4 Å². The Labute approximate surface area is 205 Å². The van der Waals surface area contributed by atoms with Crippen LogP contribution in [-0.2, 0) is 20.7 Å². The van der Waals surface area contributed by atoms with Gasteiger partial charge >= 0.3 is 12.0 Å². The van der Waals surface area contributed by atoms with Crippen LogP contribution in [0.15, 0.2) is 59.8 Å². The number of allylic oxidation sites excluding steroid dienone is 1. The molecular weight excluding hydrogens is 452 g/mol. The van der Waals surface area contributed by atoms with Gasteiger partial charge in [-0.2, -0.15) is 0 Å². The fourth-order valence-electron chi connectivity index (χ4n) is 3.60. The summed E-state index contributed by atoms with van der Waals surface area (Å²) in [4.78, 5) is 27.2. The van der Waals surface area contributed by atoms with E-state index in [1.807, 2.05) is 49.4 Å². The molecule has 34 heavy (non-hydrogen) atoms. The number of esters is 1. The van der Waals surface area contributed by atoms with Crippen LogP contribution in [0.4, 0.5) is 16.2 Å². The van der Waals surface area contributed by atoms with Crippen LogP contribution in [0, 0.1) is 0 Å². The molecule has 2 aromatic carbocycles. The van der Waals surface area contributed by atoms with Crippen LogP contribution in [0.25, 0.3) is 0 Å². The van der Waals surface area contributed by atoms with E-state index in [-0.39, 0.29) is 12.6 Å². The minimum absolute atomic E-state index is 0.147. The van der Waals surface area contributed by atoms with E-state index in [0.717, 1.165) is 23.2 Å². The number of aryl methyl sites for hydroxylation is 1. The van der Waals surface area contributed by atoms with E-state index >= 15 is 0 Å². The SMILES string of the molecule is CCc1cccc(NC(=O)Nc2cccc(C3NC(=S)N(C)C(C)=C3C(=O)OCCOC)c2)c1. The van der Waals surface area contributed by atoms with Gasteiger partial charge in [-0.1, -0.05) is 31.2 Å². The molecule has 1 atom stereocenters. The second-order valence-electron chi connectivity index (χ2n) is 7.83. The Morgan fingerprint density at radius 1 is 1.09 bits per heavy atom. The van der Waals surface area contributed by atoms with Gasteiger partial charge in [0.15, 0.2) is 5.11 Å². The highest BCUT2D eigenvalue weighted by Crippen LogP contribution is 2.32. The molecule has 9 heteroatoms. The smallest absolute Gasteiger partial charge is 0.338 e. The highest BCUT2D eigenvalue weighted by atomic mass is 32.1. The molecule has 2 aromatic rings. The number of rotatable bonds is 8. The van der Waals surface area contributed by atoms with Crippen molar-refractivity contribution >= 4 is 40.7 Å². The Bertz CT molecular complexity index is 1100. The number of nitrogens with one attached hydrogen (secondary N) is 3. The topological polar surface area (TPSA) is 91.9 Å². The normalized spacial score (nSPS) is 15.6. The van der Waals surface area contributed by atoms with Crippen LogP contribution >= 0.6 is 12.2 Å². The number of benzene rings is 2. The molecule has 0 radical (unpaired) electrons. The van der Waals surface area contributed by atoms with Gasteiger partial charge in [-0.3, -0.25) is 0 Å². The summed E-state index contributed by atoms with van der Waals surface area (Å²) < 4.78 is 10.4. The van der Waals surface area contributed by atoms with Gasteiger partial charge in [-0.25, -0.2) is 9.59 Å². The van der Waals surface area contributed by atoms with Crippen molar-refractivity contribution in [1.29, 1.82) is 0 Å². The first kappa shape index (κ1) is 25.2. The number of carbonyl (C=O) groups excluding carboxylic acids is 2. The predicted molar refractivity (Wildman–Crippen MR) is 137 cm³/mol. The van der Waals surface area contributed by atoms with E-state index in [1.165, 1.54) is 0 Å². The maximum absolute atomic E-state index is 12.9. The first-order valence-corrected chi connectivity index (χ1v) is 11.4. The quantitative estimate of drug-likeness (QED) is 0.295. The van der Waals surface area contributed by atoms with E-state index in [2.05, 4.69) is 22.9 Å². The Balaban J connectivity index is 1.81. The minimum Gasteiger partial charge on any atom is -0.460 e. The number of anilines is 2. The largest absolute Gasteiger partial charge is 0.460 e. The average Bonchev–Trinajstić information content (AvgIpc) is 2.82. The predicted octanol–water partition coefficient (Wildman–Crippen LogP) is 4.22. The minimum atomic E-state index is -0.523. The van der Waals surface area contributed by atoms with Crippen LogP contribution in [0.2, 0.25) is 0 Å². The van der Waals surface area contributed by atoms with Crippen molar-refractivity contribution in [2.75, 3.05) is 38.0 Å². The molecule has 8 nitrogen and oxygen atoms in total. The van der Waals surface area contributed by atoms with E-state index in [4.69, 9.17) is 21.7 Å². The molecule has 0 aliphatic carbocycles. The molecule has 3 rings (SSSR count). The number of urea groups is 1. The first-order valence-electron chi connectivity index (χ1n) is 11.0. The first-order chi connectivity index (χ1) is 16.3. The summed E-state index contributed by atoms with van der Waals surface area (Å²) in [6.45, 7) is 4.34. The van der Waals surface area contributed by atoms with Crippen LogP contribution in [0.1, 0.15) is 31.0 Å². The fraction of sp³-hybridized carbons (Fsp3) is 0.320. The van der Waals surface area contributed by atoms with Gasteiger partial charge in [0, 0.05) is 31.2 Å². The maximum Gasteiger partial charge on any atom is 0.338 e. The van der Waals surface area contributed by atoms with Crippen molar-refractivity contribution in [2.45, 2.75) is 26.3 Å². The summed E-state index contributed by atoms with van der Waals surface area (Å²) in [6, 6.07) is 14.1. The van der Waals surface area contributed by atoms with Gasteiger partial charge in [0.2, 0.25) is 0 Å². The molecule has 0 saturated carbocycles. The molecular formula is C25H30N4O4S. The van der Waals surface area contributed by atoms with Crippen molar-refractivity contribution in [2.24, 2.45) is 0 Å². The molecule has 3 N–H and O–H groups in total. The number of amides is 2. The Hall–Kier alpha value is -3.43. The molecule has 1 unspecified atom stereocenters. The number of nitrogens with zero attached hydrogens (tertiary/aromatic N) is 1. The molecule has 1 heterocycles. The van der Waals surface area contributed by atoms with E-state index in [1.54, 1.807) is 25.1 Å². The number of methoxy groups -OCH3 is 1. The standard InChI is InChI=1S/C25H30N4O4S/c1-5-17-8-6-10-19(14-17)26-24(31)27-20-11-7-9-18(15-20)22-21(23(30)33-13-12-32-4)16(2)29(3)25(34)28-22/h6-11,14-15,22H,5,12-13H2,1-4H3,(H,28,34)(H2,26,27,31). The second kappa shape index (κ2) is 11.6. The van der Waals surface area contributed by atoms with Gasteiger partial charge in [-0.15, -0.1) is 0 Å². The van der Waals surface area contributed by atoms with Crippen LogP contribution < -0.4 is 16.0 Å². The van der Waals surface area contributed by atoms with Gasteiger partial charge in [0.1, 0.15) is 6.61 Å². The summed E-state index contributed by atoms with van der Waals surface area (Å²) in [6.07, 6.45) is 0.883. The second-order valence-corrected chi connectivity index (χ2v) is 8.21. The Kier molecular flexibility index (Phi) is 8.61. The third kappa shape index (κ3) is 6.12. The molecule has 0 aromatic heterocycles. The maximum atomic E-state index is 12.9. The summed E-state index contributed by atoms with van der Waals surface area (Å²) in [5, 5.41) is 9.40. The van der Waals surface area contributed by atoms with Crippen LogP contribution in [0.3, 0.4) is 0 Å². The van der Waals surface area contributed by atoms with Gasteiger partial charge < -0.3 is 30.3 Å². The van der Waals surface area contributed by atoms with Crippen molar-refractivity contribution in [3.63, 3.8) is 0 Å². The fourth-order valence-corrected chi connectivity index (χ4v) is 3.86. The number of hydrogen-bond acceptors (Lipinski definition) is 5. The van der Waals surface area contributed by atoms with Crippen molar-refractivity contribution in [1.82, 2.24) is 10.2 Å².